The summed E-state index contributed by atoms with van der Waals surface area (Å²) in [4.78, 5) is 25.1. The molecule has 0 atom stereocenters. The molecular weight excluding hydrogens is 668 g/mol. The summed E-state index contributed by atoms with van der Waals surface area (Å²) in [6.45, 7) is 22.0. The van der Waals surface area contributed by atoms with Crippen LogP contribution in [0.25, 0.3) is 0 Å². The second kappa shape index (κ2) is 16.4. The van der Waals surface area contributed by atoms with Crippen LogP contribution < -0.4 is 0 Å². The van der Waals surface area contributed by atoms with Gasteiger partial charge in [0.15, 0.2) is 11.6 Å². The van der Waals surface area contributed by atoms with E-state index in [1.54, 1.807) is 0 Å². The van der Waals surface area contributed by atoms with E-state index < -0.39 is 44.6 Å². The third kappa shape index (κ3) is 9.52. The molecule has 0 amide bonds. The minimum absolute atomic E-state index is 0.211. The average molecular weight is 739 g/mol. The summed E-state index contributed by atoms with van der Waals surface area (Å²) in [6.07, 6.45) is 8.55. The molecule has 0 saturated carbocycles. The zero-order valence-corrected chi connectivity index (χ0v) is 34.1. The van der Waals surface area contributed by atoms with E-state index in [9.17, 15) is 20.0 Å². The molecule has 0 aromatic heterocycles. The van der Waals surface area contributed by atoms with Crippen LogP contribution in [0.2, 0.25) is 0 Å². The first-order valence-electron chi connectivity index (χ1n) is 20.0. The highest BCUT2D eigenvalue weighted by Gasteiger charge is 2.60. The molecule has 0 bridgehead atoms. The monoisotopic (exact) mass is 739 g/mol. The van der Waals surface area contributed by atoms with Crippen molar-refractivity contribution in [3.63, 3.8) is 0 Å². The topological polar surface area (TPSA) is 136 Å². The minimum atomic E-state index is -0.807. The summed E-state index contributed by atoms with van der Waals surface area (Å²) >= 11 is 0. The molecule has 0 aromatic carbocycles. The maximum absolute atomic E-state index is 13.2. The van der Waals surface area contributed by atoms with E-state index in [4.69, 9.17) is 28.4 Å². The number of unbranched alkanes of at least 4 members (excludes halogenated alkanes) is 3. The second-order valence-electron chi connectivity index (χ2n) is 18.6. The molecule has 4 rings (SSSR count). The van der Waals surface area contributed by atoms with Gasteiger partial charge in [0, 0.05) is 60.4 Å². The highest BCUT2D eigenvalue weighted by atomic mass is 16.7. The van der Waals surface area contributed by atoms with Gasteiger partial charge < -0.3 is 28.4 Å². The summed E-state index contributed by atoms with van der Waals surface area (Å²) in [5.41, 5.74) is -3.20. The molecule has 4 heterocycles. The van der Waals surface area contributed by atoms with Crippen molar-refractivity contribution < 1.29 is 48.4 Å². The van der Waals surface area contributed by atoms with Crippen molar-refractivity contribution in [3.8, 4) is 0 Å². The lowest BCUT2D eigenvalue weighted by atomic mass is 9.73. The van der Waals surface area contributed by atoms with E-state index in [0.29, 0.717) is 77.8 Å². The van der Waals surface area contributed by atoms with Gasteiger partial charge in [-0.1, -0.05) is 54.4 Å². The fraction of sp³-hybridized carbons (Fsp3) is 0.950. The summed E-state index contributed by atoms with van der Waals surface area (Å²) in [5.74, 6) is -2.11. The van der Waals surface area contributed by atoms with Crippen molar-refractivity contribution in [1.29, 1.82) is 0 Å². The fourth-order valence-corrected chi connectivity index (χ4v) is 9.10. The number of hydrogen-bond acceptors (Lipinski definition) is 10. The Morgan fingerprint density at radius 1 is 0.519 bits per heavy atom. The molecule has 2 spiro atoms. The van der Waals surface area contributed by atoms with E-state index in [0.717, 1.165) is 38.5 Å². The third-order valence-electron chi connectivity index (χ3n) is 12.6. The molecule has 4 saturated heterocycles. The van der Waals surface area contributed by atoms with Crippen molar-refractivity contribution >= 4 is 11.9 Å². The Hall–Kier alpha value is -1.38. The van der Waals surface area contributed by atoms with Crippen LogP contribution in [0.1, 0.15) is 159 Å². The lowest BCUT2D eigenvalue weighted by Crippen LogP contribution is -2.68. The summed E-state index contributed by atoms with van der Waals surface area (Å²) in [6, 6.07) is 0. The molecule has 300 valence electrons. The van der Waals surface area contributed by atoms with Gasteiger partial charge in [-0.25, -0.2) is 0 Å². The van der Waals surface area contributed by atoms with Gasteiger partial charge in [-0.05, 0) is 66.2 Å². The summed E-state index contributed by atoms with van der Waals surface area (Å²) in [7, 11) is 0. The third-order valence-corrected chi connectivity index (χ3v) is 12.6. The number of carbonyl (C=O) groups excluding carboxylic acids is 2. The Kier molecular flexibility index (Phi) is 13.7. The van der Waals surface area contributed by atoms with Crippen LogP contribution in [0.15, 0.2) is 0 Å². The van der Waals surface area contributed by atoms with Gasteiger partial charge in [-0.15, -0.1) is 20.5 Å². The van der Waals surface area contributed by atoms with E-state index in [-0.39, 0.29) is 25.2 Å². The number of ether oxygens (including phenoxy) is 6. The van der Waals surface area contributed by atoms with Gasteiger partial charge in [0.2, 0.25) is 0 Å². The first kappa shape index (κ1) is 43.3. The maximum atomic E-state index is 13.2. The minimum Gasteiger partial charge on any atom is -0.465 e. The molecular formula is C40H70N2O10. The van der Waals surface area contributed by atoms with Gasteiger partial charge in [0.05, 0.1) is 37.5 Å². The van der Waals surface area contributed by atoms with Crippen molar-refractivity contribution in [2.45, 2.75) is 193 Å². The van der Waals surface area contributed by atoms with Crippen molar-refractivity contribution in [1.82, 2.24) is 10.1 Å². The Morgan fingerprint density at radius 2 is 0.827 bits per heavy atom. The largest absolute Gasteiger partial charge is 0.465 e. The number of carbonyl (C=O) groups is 2. The lowest BCUT2D eigenvalue weighted by molar-refractivity contribution is -0.392. The number of nitrogens with zero attached hydrogens (tertiary/aromatic N) is 2. The second-order valence-corrected chi connectivity index (χ2v) is 18.6. The average Bonchev–Trinajstić information content (AvgIpc) is 3.11. The van der Waals surface area contributed by atoms with E-state index in [2.05, 4.69) is 27.7 Å². The Bertz CT molecular complexity index is 1100. The van der Waals surface area contributed by atoms with Crippen molar-refractivity contribution in [3.05, 3.63) is 0 Å². The van der Waals surface area contributed by atoms with Crippen LogP contribution in [0.3, 0.4) is 0 Å². The highest BCUT2D eigenvalue weighted by molar-refractivity contribution is 5.69. The quantitative estimate of drug-likeness (QED) is 0.123. The van der Waals surface area contributed by atoms with E-state index >= 15 is 0 Å². The van der Waals surface area contributed by atoms with Crippen LogP contribution >= 0.6 is 0 Å². The number of esters is 2. The maximum Gasteiger partial charge on any atom is 0.305 e. The number of piperidine rings is 2. The molecule has 2 radical (unpaired) electrons. The Labute approximate surface area is 313 Å². The van der Waals surface area contributed by atoms with Gasteiger partial charge in [0.1, 0.15) is 13.2 Å². The standard InChI is InChI=1S/C40H70N2O10/c1-11-37(12-2)23-39(21-33(5,6)41(37)45)49-27-35(9,28-50-39)25-47-31(43)19-17-15-16-18-20-32(44)48-26-36(10)29-51-40(52-30-36)22-34(7,8)42(46)38(13-3,14-4)24-40/h11-30H2,1-10H3. The van der Waals surface area contributed by atoms with Crippen LogP contribution in [0.4, 0.5) is 0 Å². The highest BCUT2D eigenvalue weighted by Crippen LogP contribution is 2.52. The van der Waals surface area contributed by atoms with Gasteiger partial charge in [-0.3, -0.25) is 9.59 Å². The molecule has 0 aromatic rings. The smallest absolute Gasteiger partial charge is 0.305 e. The predicted molar refractivity (Wildman–Crippen MR) is 193 cm³/mol. The van der Waals surface area contributed by atoms with Crippen molar-refractivity contribution in [2.24, 2.45) is 10.8 Å². The zero-order valence-electron chi connectivity index (χ0n) is 34.1. The Balaban J connectivity index is 1.09. The predicted octanol–water partition coefficient (Wildman–Crippen LogP) is 7.47. The van der Waals surface area contributed by atoms with Gasteiger partial charge in [0.25, 0.3) is 0 Å². The van der Waals surface area contributed by atoms with Crippen LogP contribution in [-0.4, -0.2) is 95.4 Å². The molecule has 4 aliphatic rings. The number of hydrogen-bond donors (Lipinski definition) is 0. The summed E-state index contributed by atoms with van der Waals surface area (Å²) in [5, 5.41) is 29.0. The zero-order chi connectivity index (χ0) is 38.7. The first-order valence-corrected chi connectivity index (χ1v) is 20.0. The molecule has 0 unspecified atom stereocenters. The molecule has 12 heteroatoms. The Morgan fingerprint density at radius 3 is 1.12 bits per heavy atom. The van der Waals surface area contributed by atoms with Crippen LogP contribution in [0, 0.1) is 10.8 Å². The molecule has 4 aliphatic heterocycles. The van der Waals surface area contributed by atoms with Crippen molar-refractivity contribution in [2.75, 3.05) is 39.6 Å². The fourth-order valence-electron chi connectivity index (χ4n) is 9.10. The molecule has 4 fully saturated rings. The normalized spacial score (nSPS) is 30.6. The molecule has 0 N–H and O–H groups in total. The van der Waals surface area contributed by atoms with Gasteiger partial charge >= 0.3 is 11.9 Å². The number of rotatable bonds is 15. The van der Waals surface area contributed by atoms with Gasteiger partial charge in [-0.2, -0.15) is 0 Å². The SMILES string of the molecule is CCC1(CC)CC2(CC(C)(C)N1[O])OCC(C)(COC(=O)CCCCCCC(=O)OCC1(C)COC3(CC(C)(C)N([O])C(CC)(CC)C3)OC1)CO2. The number of hydroxylamine groups is 4. The molecule has 0 aliphatic carbocycles. The van der Waals surface area contributed by atoms with E-state index in [1.165, 1.54) is 10.1 Å². The van der Waals surface area contributed by atoms with E-state index in [1.807, 2.05) is 41.5 Å². The molecule has 12 nitrogen and oxygen atoms in total. The summed E-state index contributed by atoms with van der Waals surface area (Å²) < 4.78 is 36.9. The first-order chi connectivity index (χ1) is 24.2. The van der Waals surface area contributed by atoms with Crippen LogP contribution in [-0.2, 0) is 48.4 Å². The van der Waals surface area contributed by atoms with Crippen LogP contribution in [0.5, 0.6) is 0 Å². The lowest BCUT2D eigenvalue weighted by Gasteiger charge is -2.58. The molecule has 52 heavy (non-hydrogen) atoms.